The van der Waals surface area contributed by atoms with Gasteiger partial charge in [0.1, 0.15) is 0 Å². The van der Waals surface area contributed by atoms with Crippen LogP contribution in [0.15, 0.2) is 24.3 Å². The molecule has 0 spiro atoms. The minimum atomic E-state index is 0.0723. The number of hydrogen-bond donors (Lipinski definition) is 2. The van der Waals surface area contributed by atoms with Gasteiger partial charge in [0.15, 0.2) is 0 Å². The van der Waals surface area contributed by atoms with Crippen molar-refractivity contribution in [3.63, 3.8) is 0 Å². The molecule has 0 heterocycles. The summed E-state index contributed by atoms with van der Waals surface area (Å²) < 4.78 is 0. The molecule has 0 aromatic heterocycles. The minimum absolute atomic E-state index is 0.0723. The fourth-order valence-electron chi connectivity index (χ4n) is 1.94. The average molecular weight is 277 g/mol. The van der Waals surface area contributed by atoms with Crippen LogP contribution in [0.2, 0.25) is 0 Å². The third kappa shape index (κ3) is 5.72. The molecule has 4 heteroatoms. The van der Waals surface area contributed by atoms with Crippen LogP contribution in [-0.4, -0.2) is 37.0 Å². The Kier molecular flexibility index (Phi) is 7.26. The Balaban J connectivity index is 2.29. The first-order valence-electron chi connectivity index (χ1n) is 7.31. The highest BCUT2D eigenvalue weighted by Gasteiger charge is 2.07. The largest absolute Gasteiger partial charge is 0.355 e. The van der Waals surface area contributed by atoms with Gasteiger partial charge in [-0.25, -0.2) is 0 Å². The van der Waals surface area contributed by atoms with Crippen molar-refractivity contribution < 1.29 is 4.79 Å². The maximum atomic E-state index is 11.8. The van der Waals surface area contributed by atoms with Gasteiger partial charge in [0.25, 0.3) is 0 Å². The van der Waals surface area contributed by atoms with Gasteiger partial charge in [0.2, 0.25) is 5.91 Å². The summed E-state index contributed by atoms with van der Waals surface area (Å²) in [7, 11) is 2.09. The summed E-state index contributed by atoms with van der Waals surface area (Å²) in [6.07, 6.45) is 1.55. The molecule has 1 aromatic carbocycles. The van der Waals surface area contributed by atoms with Crippen LogP contribution in [0.3, 0.4) is 0 Å². The zero-order valence-corrected chi connectivity index (χ0v) is 12.9. The first kappa shape index (κ1) is 16.7. The number of nitrogens with one attached hydrogen (secondary N) is 1. The number of amides is 1. The van der Waals surface area contributed by atoms with Crippen molar-refractivity contribution in [1.29, 1.82) is 0 Å². The van der Waals surface area contributed by atoms with Gasteiger partial charge in [-0.3, -0.25) is 4.79 Å². The van der Waals surface area contributed by atoms with Crippen molar-refractivity contribution in [2.45, 2.75) is 39.3 Å². The molecule has 0 fully saturated rings. The third-order valence-electron chi connectivity index (χ3n) is 3.75. The summed E-state index contributed by atoms with van der Waals surface area (Å²) in [6, 6.07) is 8.43. The normalized spacial score (nSPS) is 12.4. The lowest BCUT2D eigenvalue weighted by molar-refractivity contribution is -0.120. The monoisotopic (exact) mass is 277 g/mol. The summed E-state index contributed by atoms with van der Waals surface area (Å²) in [5.74, 6) is 0.0723. The Morgan fingerprint density at radius 2 is 1.90 bits per heavy atom. The van der Waals surface area contributed by atoms with E-state index in [1.807, 2.05) is 24.3 Å². The van der Waals surface area contributed by atoms with E-state index >= 15 is 0 Å². The van der Waals surface area contributed by atoms with Gasteiger partial charge < -0.3 is 16.0 Å². The molecule has 0 saturated heterocycles. The molecule has 1 unspecified atom stereocenters. The summed E-state index contributed by atoms with van der Waals surface area (Å²) >= 11 is 0. The molecule has 3 N–H and O–H groups in total. The number of carbonyl (C=O) groups is 1. The Morgan fingerprint density at radius 3 is 2.45 bits per heavy atom. The molecule has 1 aromatic rings. The molecule has 0 aliphatic rings. The molecule has 1 atom stereocenters. The molecule has 0 aliphatic heterocycles. The van der Waals surface area contributed by atoms with Crippen LogP contribution in [-0.2, 0) is 17.8 Å². The van der Waals surface area contributed by atoms with Gasteiger partial charge in [-0.15, -0.1) is 0 Å². The van der Waals surface area contributed by atoms with Gasteiger partial charge in [-0.2, -0.15) is 0 Å². The molecule has 0 radical (unpaired) electrons. The number of nitrogens with two attached hydrogens (primary N) is 1. The molecule has 112 valence electrons. The second-order valence-corrected chi connectivity index (χ2v) is 5.29. The van der Waals surface area contributed by atoms with Crippen molar-refractivity contribution in [2.75, 3.05) is 20.1 Å². The van der Waals surface area contributed by atoms with E-state index in [1.165, 1.54) is 0 Å². The first-order valence-corrected chi connectivity index (χ1v) is 7.31. The van der Waals surface area contributed by atoms with E-state index in [-0.39, 0.29) is 5.91 Å². The number of nitrogens with zero attached hydrogens (tertiary/aromatic N) is 1. The zero-order chi connectivity index (χ0) is 15.0. The molecule has 20 heavy (non-hydrogen) atoms. The van der Waals surface area contributed by atoms with Gasteiger partial charge in [0, 0.05) is 25.7 Å². The van der Waals surface area contributed by atoms with Gasteiger partial charge in [0.05, 0.1) is 6.42 Å². The van der Waals surface area contributed by atoms with Gasteiger partial charge in [-0.1, -0.05) is 31.2 Å². The standard InChI is InChI=1S/C16H27N3O/c1-4-13(2)19(3)10-9-18-16(20)11-14-5-7-15(12-17)8-6-14/h5-8,13H,4,9-12,17H2,1-3H3,(H,18,20). The van der Waals surface area contributed by atoms with E-state index in [2.05, 4.69) is 31.1 Å². The first-order chi connectivity index (χ1) is 9.56. The van der Waals surface area contributed by atoms with Crippen molar-refractivity contribution in [2.24, 2.45) is 5.73 Å². The van der Waals surface area contributed by atoms with E-state index in [4.69, 9.17) is 5.73 Å². The molecular weight excluding hydrogens is 250 g/mol. The second-order valence-electron chi connectivity index (χ2n) is 5.29. The lowest BCUT2D eigenvalue weighted by Crippen LogP contribution is -2.37. The highest BCUT2D eigenvalue weighted by Crippen LogP contribution is 2.04. The lowest BCUT2D eigenvalue weighted by Gasteiger charge is -2.23. The number of likely N-dealkylation sites (N-methyl/N-ethyl adjacent to an activating group) is 1. The third-order valence-corrected chi connectivity index (χ3v) is 3.75. The summed E-state index contributed by atoms with van der Waals surface area (Å²) in [4.78, 5) is 14.1. The van der Waals surface area contributed by atoms with Gasteiger partial charge in [-0.05, 0) is 31.5 Å². The summed E-state index contributed by atoms with van der Waals surface area (Å²) in [6.45, 7) is 6.48. The Hall–Kier alpha value is -1.39. The average Bonchev–Trinajstić information content (AvgIpc) is 2.47. The van der Waals surface area contributed by atoms with Crippen molar-refractivity contribution >= 4 is 5.91 Å². The molecule has 0 aliphatic carbocycles. The van der Waals surface area contributed by atoms with Crippen molar-refractivity contribution in [3.8, 4) is 0 Å². The fourth-order valence-corrected chi connectivity index (χ4v) is 1.94. The van der Waals surface area contributed by atoms with Crippen molar-refractivity contribution in [3.05, 3.63) is 35.4 Å². The van der Waals surface area contributed by atoms with E-state index in [1.54, 1.807) is 0 Å². The number of hydrogen-bond acceptors (Lipinski definition) is 3. The van der Waals surface area contributed by atoms with Crippen LogP contribution in [0, 0.1) is 0 Å². The quantitative estimate of drug-likeness (QED) is 0.757. The Labute approximate surface area is 122 Å². The second kappa shape index (κ2) is 8.72. The van der Waals surface area contributed by atoms with Crippen LogP contribution < -0.4 is 11.1 Å². The Bertz CT molecular complexity index is 403. The summed E-state index contributed by atoms with van der Waals surface area (Å²) in [5, 5.41) is 2.96. The topological polar surface area (TPSA) is 58.4 Å². The zero-order valence-electron chi connectivity index (χ0n) is 12.9. The highest BCUT2D eigenvalue weighted by molar-refractivity contribution is 5.78. The summed E-state index contributed by atoms with van der Waals surface area (Å²) in [5.41, 5.74) is 7.66. The van der Waals surface area contributed by atoms with Crippen LogP contribution in [0.5, 0.6) is 0 Å². The van der Waals surface area contributed by atoms with Crippen LogP contribution in [0.4, 0.5) is 0 Å². The molecule has 4 nitrogen and oxygen atoms in total. The van der Waals surface area contributed by atoms with E-state index in [9.17, 15) is 4.79 Å². The predicted octanol–water partition coefficient (Wildman–Crippen LogP) is 1.53. The predicted molar refractivity (Wildman–Crippen MR) is 83.4 cm³/mol. The maximum Gasteiger partial charge on any atom is 0.224 e. The SMILES string of the molecule is CCC(C)N(C)CCNC(=O)Cc1ccc(CN)cc1. The number of carbonyl (C=O) groups excluding carboxylic acids is 1. The van der Waals surface area contributed by atoms with Crippen LogP contribution in [0.1, 0.15) is 31.4 Å². The lowest BCUT2D eigenvalue weighted by atomic mass is 10.1. The van der Waals surface area contributed by atoms with E-state index < -0.39 is 0 Å². The fraction of sp³-hybridized carbons (Fsp3) is 0.562. The molecule has 0 saturated carbocycles. The minimum Gasteiger partial charge on any atom is -0.355 e. The van der Waals surface area contributed by atoms with E-state index in [0.29, 0.717) is 25.6 Å². The van der Waals surface area contributed by atoms with Gasteiger partial charge >= 0.3 is 0 Å². The molecule has 1 amide bonds. The number of benzene rings is 1. The van der Waals surface area contributed by atoms with Crippen molar-refractivity contribution in [1.82, 2.24) is 10.2 Å². The maximum absolute atomic E-state index is 11.8. The van der Waals surface area contributed by atoms with E-state index in [0.717, 1.165) is 24.1 Å². The smallest absolute Gasteiger partial charge is 0.224 e. The van der Waals surface area contributed by atoms with Crippen LogP contribution >= 0.6 is 0 Å². The molecule has 0 bridgehead atoms. The van der Waals surface area contributed by atoms with Crippen LogP contribution in [0.25, 0.3) is 0 Å². The molecular formula is C16H27N3O. The number of rotatable bonds is 8. The highest BCUT2D eigenvalue weighted by atomic mass is 16.1. The molecule has 1 rings (SSSR count). The Morgan fingerprint density at radius 1 is 1.30 bits per heavy atom.